The van der Waals surface area contributed by atoms with Crippen LogP contribution in [0.3, 0.4) is 0 Å². The molecule has 3 aromatic carbocycles. The normalized spacial score (nSPS) is 15.0. The highest BCUT2D eigenvalue weighted by atomic mass is 79.9. The van der Waals surface area contributed by atoms with Gasteiger partial charge in [0, 0.05) is 17.1 Å². The summed E-state index contributed by atoms with van der Waals surface area (Å²) in [5.41, 5.74) is -0.696. The molecule has 4 rings (SSSR count). The molecular formula is C31H33BrF3N3O4S. The van der Waals surface area contributed by atoms with Crippen LogP contribution in [0.2, 0.25) is 0 Å². The Hall–Kier alpha value is -3.38. The number of alkyl halides is 3. The van der Waals surface area contributed by atoms with Crippen molar-refractivity contribution in [3.05, 3.63) is 94.5 Å². The molecule has 2 amide bonds. The summed E-state index contributed by atoms with van der Waals surface area (Å²) < 4.78 is 69.9. The zero-order valence-corrected chi connectivity index (χ0v) is 26.0. The third kappa shape index (κ3) is 8.38. The molecule has 0 aromatic heterocycles. The predicted molar refractivity (Wildman–Crippen MR) is 162 cm³/mol. The van der Waals surface area contributed by atoms with Gasteiger partial charge in [-0.15, -0.1) is 0 Å². The minimum absolute atomic E-state index is 0.0200. The van der Waals surface area contributed by atoms with Crippen LogP contribution >= 0.6 is 15.9 Å². The Balaban J connectivity index is 1.71. The zero-order chi connectivity index (χ0) is 31.2. The highest BCUT2D eigenvalue weighted by molar-refractivity contribution is 9.10. The van der Waals surface area contributed by atoms with Gasteiger partial charge in [0.1, 0.15) is 12.6 Å². The van der Waals surface area contributed by atoms with Crippen molar-refractivity contribution in [3.8, 4) is 0 Å². The molecule has 230 valence electrons. The molecule has 1 unspecified atom stereocenters. The molecule has 1 N–H and O–H groups in total. The third-order valence-corrected chi connectivity index (χ3v) is 9.77. The lowest BCUT2D eigenvalue weighted by molar-refractivity contribution is -0.139. The second-order valence-corrected chi connectivity index (χ2v) is 13.3. The number of hydrogen-bond donors (Lipinski definition) is 1. The third-order valence-electron chi connectivity index (χ3n) is 7.46. The molecule has 7 nitrogen and oxygen atoms in total. The zero-order valence-electron chi connectivity index (χ0n) is 23.6. The van der Waals surface area contributed by atoms with Crippen molar-refractivity contribution in [2.24, 2.45) is 0 Å². The SMILES string of the molecule is CC(C(=O)NC1CCCCC1)N(Cc1ccc(Br)cc1)C(=O)CN(c1cccc(C(F)(F)F)c1)S(=O)(=O)c1ccccc1. The topological polar surface area (TPSA) is 86.8 Å². The van der Waals surface area contributed by atoms with E-state index in [1.165, 1.54) is 35.2 Å². The summed E-state index contributed by atoms with van der Waals surface area (Å²) >= 11 is 3.37. The summed E-state index contributed by atoms with van der Waals surface area (Å²) in [5.74, 6) is -1.12. The van der Waals surface area contributed by atoms with Crippen LogP contribution in [0.15, 0.2) is 88.2 Å². The van der Waals surface area contributed by atoms with Crippen LogP contribution < -0.4 is 9.62 Å². The van der Waals surface area contributed by atoms with Gasteiger partial charge in [0.15, 0.2) is 0 Å². The summed E-state index contributed by atoms with van der Waals surface area (Å²) in [6.45, 7) is 0.721. The lowest BCUT2D eigenvalue weighted by atomic mass is 9.95. The molecule has 0 aliphatic heterocycles. The maximum Gasteiger partial charge on any atom is 0.416 e. The van der Waals surface area contributed by atoms with E-state index < -0.39 is 40.3 Å². The van der Waals surface area contributed by atoms with Crippen LogP contribution in [-0.4, -0.2) is 43.8 Å². The van der Waals surface area contributed by atoms with E-state index in [4.69, 9.17) is 0 Å². The summed E-state index contributed by atoms with van der Waals surface area (Å²) in [4.78, 5) is 28.4. The smallest absolute Gasteiger partial charge is 0.352 e. The Morgan fingerprint density at radius 2 is 1.60 bits per heavy atom. The van der Waals surface area contributed by atoms with Gasteiger partial charge in [-0.1, -0.05) is 71.6 Å². The van der Waals surface area contributed by atoms with Crippen LogP contribution in [-0.2, 0) is 32.3 Å². The molecule has 3 aromatic rings. The first-order chi connectivity index (χ1) is 20.4. The summed E-state index contributed by atoms with van der Waals surface area (Å²) in [5, 5.41) is 3.02. The van der Waals surface area contributed by atoms with Gasteiger partial charge >= 0.3 is 6.18 Å². The molecule has 1 fully saturated rings. The van der Waals surface area contributed by atoms with Gasteiger partial charge in [0.2, 0.25) is 11.8 Å². The van der Waals surface area contributed by atoms with E-state index in [2.05, 4.69) is 21.2 Å². The number of amides is 2. The molecule has 1 atom stereocenters. The molecule has 12 heteroatoms. The number of carbonyl (C=O) groups is 2. The second-order valence-electron chi connectivity index (χ2n) is 10.5. The van der Waals surface area contributed by atoms with Crippen LogP contribution in [0.5, 0.6) is 0 Å². The van der Waals surface area contributed by atoms with Crippen molar-refractivity contribution in [3.63, 3.8) is 0 Å². The molecule has 0 heterocycles. The van der Waals surface area contributed by atoms with Crippen molar-refractivity contribution in [1.29, 1.82) is 0 Å². The second kappa shape index (κ2) is 13.9. The van der Waals surface area contributed by atoms with Gasteiger partial charge in [-0.05, 0) is 67.8 Å². The number of hydrogen-bond acceptors (Lipinski definition) is 4. The summed E-state index contributed by atoms with van der Waals surface area (Å²) in [7, 11) is -4.48. The van der Waals surface area contributed by atoms with Gasteiger partial charge in [0.25, 0.3) is 10.0 Å². The van der Waals surface area contributed by atoms with E-state index in [1.54, 1.807) is 37.3 Å². The minimum Gasteiger partial charge on any atom is -0.352 e. The van der Waals surface area contributed by atoms with Crippen molar-refractivity contribution < 1.29 is 31.2 Å². The van der Waals surface area contributed by atoms with Crippen LogP contribution in [0.1, 0.15) is 50.2 Å². The molecule has 1 aliphatic rings. The van der Waals surface area contributed by atoms with Crippen LogP contribution in [0.4, 0.5) is 18.9 Å². The van der Waals surface area contributed by atoms with Gasteiger partial charge in [-0.3, -0.25) is 13.9 Å². The Labute approximate surface area is 258 Å². The summed E-state index contributed by atoms with van der Waals surface area (Å²) in [6, 6.07) is 17.1. The van der Waals surface area contributed by atoms with E-state index >= 15 is 0 Å². The molecule has 0 saturated heterocycles. The first-order valence-electron chi connectivity index (χ1n) is 14.0. The van der Waals surface area contributed by atoms with E-state index in [0.717, 1.165) is 48.7 Å². The number of nitrogens with one attached hydrogen (secondary N) is 1. The van der Waals surface area contributed by atoms with Crippen molar-refractivity contribution in [2.45, 2.75) is 68.7 Å². The fourth-order valence-corrected chi connectivity index (χ4v) is 6.72. The predicted octanol–water partition coefficient (Wildman–Crippen LogP) is 6.53. The number of rotatable bonds is 10. The highest BCUT2D eigenvalue weighted by Crippen LogP contribution is 2.33. The van der Waals surface area contributed by atoms with Crippen LogP contribution in [0.25, 0.3) is 0 Å². The number of halogens is 4. The molecule has 0 bridgehead atoms. The van der Waals surface area contributed by atoms with Gasteiger partial charge < -0.3 is 10.2 Å². The Morgan fingerprint density at radius 3 is 2.23 bits per heavy atom. The molecule has 0 spiro atoms. The standard InChI is InChI=1S/C31H33BrF3N3O4S/c1-22(30(40)36-26-10-4-2-5-11-26)37(20-23-15-17-25(32)18-16-23)29(39)21-38(43(41,42)28-13-6-3-7-14-28)27-12-8-9-24(19-27)31(33,34)35/h3,6-9,12-19,22,26H,2,4-5,10-11,20-21H2,1H3,(H,36,40). The molecule has 43 heavy (non-hydrogen) atoms. The Bertz CT molecular complexity index is 1510. The quantitative estimate of drug-likeness (QED) is 0.264. The van der Waals surface area contributed by atoms with Crippen LogP contribution in [0, 0.1) is 0 Å². The number of nitrogens with zero attached hydrogens (tertiary/aromatic N) is 2. The highest BCUT2D eigenvalue weighted by Gasteiger charge is 2.35. The molecule has 0 radical (unpaired) electrons. The molecule has 1 saturated carbocycles. The van der Waals surface area contributed by atoms with Gasteiger partial charge in [-0.2, -0.15) is 13.2 Å². The average molecular weight is 681 g/mol. The van der Waals surface area contributed by atoms with E-state index in [0.29, 0.717) is 15.9 Å². The molecule has 1 aliphatic carbocycles. The number of sulfonamides is 1. The fourth-order valence-electron chi connectivity index (χ4n) is 5.02. The monoisotopic (exact) mass is 679 g/mol. The van der Waals surface area contributed by atoms with E-state index in [-0.39, 0.29) is 29.1 Å². The minimum atomic E-state index is -4.73. The van der Waals surface area contributed by atoms with Gasteiger partial charge in [0.05, 0.1) is 16.1 Å². The summed E-state index contributed by atoms with van der Waals surface area (Å²) in [6.07, 6.45) is 0.00272. The average Bonchev–Trinajstić information content (AvgIpc) is 2.99. The molecular weight excluding hydrogens is 647 g/mol. The first-order valence-corrected chi connectivity index (χ1v) is 16.2. The van der Waals surface area contributed by atoms with Crippen molar-refractivity contribution in [2.75, 3.05) is 10.8 Å². The van der Waals surface area contributed by atoms with Crippen molar-refractivity contribution in [1.82, 2.24) is 10.2 Å². The van der Waals surface area contributed by atoms with E-state index in [9.17, 15) is 31.2 Å². The van der Waals surface area contributed by atoms with Gasteiger partial charge in [-0.25, -0.2) is 8.42 Å². The maximum absolute atomic E-state index is 14.0. The van der Waals surface area contributed by atoms with Crippen molar-refractivity contribution >= 4 is 43.5 Å². The lowest BCUT2D eigenvalue weighted by Gasteiger charge is -2.33. The number of anilines is 1. The largest absolute Gasteiger partial charge is 0.416 e. The first kappa shape index (κ1) is 32.5. The number of benzene rings is 3. The number of carbonyl (C=O) groups excluding carboxylic acids is 2. The van der Waals surface area contributed by atoms with E-state index in [1.807, 2.05) is 0 Å². The lowest BCUT2D eigenvalue weighted by Crippen LogP contribution is -2.53. The fraction of sp³-hybridized carbons (Fsp3) is 0.355. The Kier molecular flexibility index (Phi) is 10.5. The Morgan fingerprint density at radius 1 is 0.953 bits per heavy atom. The maximum atomic E-state index is 14.0.